The third kappa shape index (κ3) is 5.22. The standard InChI is InChI=1S/C18H22N4O3/c1-18(2,24)16-10-15(25-22-16)17(23)21-11-13(19)8-9-14(20)12-6-4-3-5-7-12/h3-10,24H,11,19-20H2,1-2H3,(H,21,23)/b13-8-,14-9-. The lowest BCUT2D eigenvalue weighted by Gasteiger charge is -2.11. The van der Waals surface area contributed by atoms with Gasteiger partial charge in [0.1, 0.15) is 11.3 Å². The number of aliphatic hydroxyl groups is 1. The highest BCUT2D eigenvalue weighted by atomic mass is 16.5. The molecule has 0 atom stereocenters. The smallest absolute Gasteiger partial charge is 0.290 e. The van der Waals surface area contributed by atoms with E-state index < -0.39 is 11.5 Å². The SMILES string of the molecule is CC(C)(O)c1cc(C(=O)NC/C(N)=C/C=C(\N)c2ccccc2)on1. The van der Waals surface area contributed by atoms with Crippen LogP contribution >= 0.6 is 0 Å². The van der Waals surface area contributed by atoms with E-state index >= 15 is 0 Å². The molecule has 1 aromatic carbocycles. The lowest BCUT2D eigenvalue weighted by Crippen LogP contribution is -2.27. The molecular formula is C18H22N4O3. The Morgan fingerprint density at radius 3 is 2.56 bits per heavy atom. The van der Waals surface area contributed by atoms with Crippen LogP contribution in [0.15, 0.2) is 58.8 Å². The Kier molecular flexibility index (Phi) is 5.61. The summed E-state index contributed by atoms with van der Waals surface area (Å²) in [5.74, 6) is -0.469. The van der Waals surface area contributed by atoms with Gasteiger partial charge >= 0.3 is 0 Å². The zero-order valence-corrected chi connectivity index (χ0v) is 14.2. The Labute approximate surface area is 146 Å². The van der Waals surface area contributed by atoms with Crippen LogP contribution in [-0.4, -0.2) is 22.7 Å². The van der Waals surface area contributed by atoms with E-state index in [1.807, 2.05) is 30.3 Å². The largest absolute Gasteiger partial charge is 0.401 e. The Bertz CT molecular complexity index is 786. The second-order valence-corrected chi connectivity index (χ2v) is 6.05. The minimum Gasteiger partial charge on any atom is -0.401 e. The van der Waals surface area contributed by atoms with Gasteiger partial charge in [0.15, 0.2) is 0 Å². The maximum Gasteiger partial charge on any atom is 0.290 e. The summed E-state index contributed by atoms with van der Waals surface area (Å²) in [6.45, 7) is 3.23. The zero-order chi connectivity index (χ0) is 18.4. The molecular weight excluding hydrogens is 320 g/mol. The van der Waals surface area contributed by atoms with E-state index in [0.29, 0.717) is 11.4 Å². The van der Waals surface area contributed by atoms with Crippen molar-refractivity contribution in [3.8, 4) is 0 Å². The maximum absolute atomic E-state index is 12.0. The van der Waals surface area contributed by atoms with Gasteiger partial charge in [-0.05, 0) is 31.6 Å². The van der Waals surface area contributed by atoms with Gasteiger partial charge in [-0.15, -0.1) is 0 Å². The molecule has 1 heterocycles. The first kappa shape index (κ1) is 18.3. The predicted octanol–water partition coefficient (Wildman–Crippen LogP) is 1.47. The topological polar surface area (TPSA) is 127 Å². The van der Waals surface area contributed by atoms with Crippen molar-refractivity contribution in [1.29, 1.82) is 0 Å². The first-order valence-electron chi connectivity index (χ1n) is 7.72. The summed E-state index contributed by atoms with van der Waals surface area (Å²) >= 11 is 0. The second kappa shape index (κ2) is 7.67. The molecule has 6 N–H and O–H groups in total. The number of allylic oxidation sites excluding steroid dienone is 2. The van der Waals surface area contributed by atoms with Crippen molar-refractivity contribution in [2.45, 2.75) is 19.4 Å². The minimum absolute atomic E-state index is 0.00395. The summed E-state index contributed by atoms with van der Waals surface area (Å²) in [7, 11) is 0. The van der Waals surface area contributed by atoms with Gasteiger partial charge in [-0.2, -0.15) is 0 Å². The van der Waals surface area contributed by atoms with E-state index in [-0.39, 0.29) is 18.0 Å². The number of hydrogen-bond acceptors (Lipinski definition) is 6. The Morgan fingerprint density at radius 2 is 1.96 bits per heavy atom. The van der Waals surface area contributed by atoms with E-state index in [4.69, 9.17) is 16.0 Å². The normalized spacial score (nSPS) is 12.9. The monoisotopic (exact) mass is 342 g/mol. The molecule has 7 nitrogen and oxygen atoms in total. The van der Waals surface area contributed by atoms with Gasteiger partial charge in [0.05, 0.1) is 6.54 Å². The average Bonchev–Trinajstić information content (AvgIpc) is 3.09. The van der Waals surface area contributed by atoms with E-state index in [9.17, 15) is 9.90 Å². The molecule has 1 amide bonds. The van der Waals surface area contributed by atoms with Crippen molar-refractivity contribution in [3.63, 3.8) is 0 Å². The predicted molar refractivity (Wildman–Crippen MR) is 95.0 cm³/mol. The molecule has 0 fully saturated rings. The molecule has 0 radical (unpaired) electrons. The number of benzene rings is 1. The van der Waals surface area contributed by atoms with E-state index in [0.717, 1.165) is 5.56 Å². The summed E-state index contributed by atoms with van der Waals surface area (Å²) in [6.07, 6.45) is 3.31. The van der Waals surface area contributed by atoms with Gasteiger partial charge in [0, 0.05) is 17.5 Å². The molecule has 0 spiro atoms. The van der Waals surface area contributed by atoms with Crippen molar-refractivity contribution >= 4 is 11.6 Å². The number of aromatic nitrogens is 1. The van der Waals surface area contributed by atoms with Crippen LogP contribution in [0.5, 0.6) is 0 Å². The van der Waals surface area contributed by atoms with Crippen LogP contribution in [0.2, 0.25) is 0 Å². The molecule has 0 saturated carbocycles. The van der Waals surface area contributed by atoms with Crippen molar-refractivity contribution < 1.29 is 14.4 Å². The summed E-state index contributed by atoms with van der Waals surface area (Å²) in [4.78, 5) is 12.0. The van der Waals surface area contributed by atoms with Crippen LogP contribution in [0, 0.1) is 0 Å². The Balaban J connectivity index is 1.94. The lowest BCUT2D eigenvalue weighted by molar-refractivity contribution is 0.0696. The first-order chi connectivity index (χ1) is 11.8. The van der Waals surface area contributed by atoms with Gasteiger partial charge in [-0.1, -0.05) is 35.5 Å². The fourth-order valence-corrected chi connectivity index (χ4v) is 1.92. The molecule has 0 aliphatic heterocycles. The van der Waals surface area contributed by atoms with Crippen LogP contribution in [0.3, 0.4) is 0 Å². The molecule has 0 aliphatic rings. The van der Waals surface area contributed by atoms with E-state index in [1.165, 1.54) is 6.07 Å². The number of nitrogens with one attached hydrogen (secondary N) is 1. The maximum atomic E-state index is 12.0. The Morgan fingerprint density at radius 1 is 1.28 bits per heavy atom. The number of carbonyl (C=O) groups is 1. The molecule has 0 bridgehead atoms. The fraction of sp³-hybridized carbons (Fsp3) is 0.222. The Hall–Kier alpha value is -3.06. The quantitative estimate of drug-likeness (QED) is 0.589. The molecule has 1 aromatic heterocycles. The highest BCUT2D eigenvalue weighted by Crippen LogP contribution is 2.18. The van der Waals surface area contributed by atoms with E-state index in [2.05, 4.69) is 10.5 Å². The summed E-state index contributed by atoms with van der Waals surface area (Å²) in [6, 6.07) is 10.9. The number of carbonyl (C=O) groups excluding carboxylic acids is 1. The molecule has 0 unspecified atom stereocenters. The number of hydrogen-bond donors (Lipinski definition) is 4. The fourth-order valence-electron chi connectivity index (χ4n) is 1.92. The lowest BCUT2D eigenvalue weighted by atomic mass is 10.1. The van der Waals surface area contributed by atoms with Crippen LogP contribution in [0.25, 0.3) is 5.70 Å². The summed E-state index contributed by atoms with van der Waals surface area (Å²) < 4.78 is 4.93. The first-order valence-corrected chi connectivity index (χ1v) is 7.72. The van der Waals surface area contributed by atoms with Gasteiger partial charge in [-0.25, -0.2) is 0 Å². The number of nitrogens with zero attached hydrogens (tertiary/aromatic N) is 1. The highest BCUT2D eigenvalue weighted by Gasteiger charge is 2.23. The average molecular weight is 342 g/mol. The van der Waals surface area contributed by atoms with Crippen LogP contribution < -0.4 is 16.8 Å². The van der Waals surface area contributed by atoms with Crippen molar-refractivity contribution in [3.05, 3.63) is 71.3 Å². The van der Waals surface area contributed by atoms with Gasteiger partial charge in [-0.3, -0.25) is 4.79 Å². The molecule has 0 saturated heterocycles. The third-order valence-electron chi connectivity index (χ3n) is 3.40. The van der Waals surface area contributed by atoms with Gasteiger partial charge in [0.25, 0.3) is 5.91 Å². The minimum atomic E-state index is -1.18. The van der Waals surface area contributed by atoms with Crippen molar-refractivity contribution in [2.75, 3.05) is 6.54 Å². The zero-order valence-electron chi connectivity index (χ0n) is 14.2. The summed E-state index contributed by atoms with van der Waals surface area (Å²) in [5, 5.41) is 16.1. The molecule has 132 valence electrons. The van der Waals surface area contributed by atoms with Crippen LogP contribution in [-0.2, 0) is 5.60 Å². The molecule has 25 heavy (non-hydrogen) atoms. The van der Waals surface area contributed by atoms with Crippen molar-refractivity contribution in [2.24, 2.45) is 11.5 Å². The highest BCUT2D eigenvalue weighted by molar-refractivity contribution is 5.91. The molecule has 7 heteroatoms. The molecule has 2 rings (SSSR count). The molecule has 0 aliphatic carbocycles. The number of amides is 1. The van der Waals surface area contributed by atoms with Crippen LogP contribution in [0.1, 0.15) is 35.7 Å². The van der Waals surface area contributed by atoms with Gasteiger partial charge in [0.2, 0.25) is 5.76 Å². The number of rotatable bonds is 6. The third-order valence-corrected chi connectivity index (χ3v) is 3.40. The van der Waals surface area contributed by atoms with Gasteiger partial charge < -0.3 is 26.4 Å². The van der Waals surface area contributed by atoms with Crippen LogP contribution in [0.4, 0.5) is 0 Å². The summed E-state index contributed by atoms with van der Waals surface area (Å²) in [5.41, 5.74) is 12.8. The second-order valence-electron chi connectivity index (χ2n) is 6.05. The van der Waals surface area contributed by atoms with E-state index in [1.54, 1.807) is 26.0 Å². The van der Waals surface area contributed by atoms with Crippen molar-refractivity contribution in [1.82, 2.24) is 10.5 Å². The number of nitrogens with two attached hydrogens (primary N) is 2. The molecule has 2 aromatic rings.